The highest BCUT2D eigenvalue weighted by molar-refractivity contribution is 7.86. The predicted octanol–water partition coefficient (Wildman–Crippen LogP) is 1.31. The number of aromatic nitrogens is 2. The standard InChI is InChI=1S/C14H18N4O3S/c1-8-5-9(2)13(22(19,20)21)12(6-8)17-18-10(3)7-16-11(4)14(18)15/h5-7,15,17H,1-4H3,(H,19,20,21)/p+1. The van der Waals surface area contributed by atoms with Crippen molar-refractivity contribution in [3.63, 3.8) is 0 Å². The number of benzene rings is 1. The zero-order valence-corrected chi connectivity index (χ0v) is 13.7. The summed E-state index contributed by atoms with van der Waals surface area (Å²) >= 11 is 0. The van der Waals surface area contributed by atoms with E-state index in [2.05, 4.69) is 10.4 Å². The minimum atomic E-state index is -4.37. The van der Waals surface area contributed by atoms with Crippen molar-refractivity contribution in [2.75, 3.05) is 11.2 Å². The molecule has 0 aliphatic rings. The molecule has 0 atom stereocenters. The van der Waals surface area contributed by atoms with Gasteiger partial charge in [0.1, 0.15) is 16.3 Å². The number of rotatable bonds is 3. The third kappa shape index (κ3) is 3.02. The van der Waals surface area contributed by atoms with Crippen LogP contribution in [-0.4, -0.2) is 18.0 Å². The molecule has 0 fully saturated rings. The molecule has 0 aliphatic heterocycles. The van der Waals surface area contributed by atoms with Gasteiger partial charge in [-0.1, -0.05) is 6.07 Å². The van der Waals surface area contributed by atoms with E-state index in [0.717, 1.165) is 5.56 Å². The van der Waals surface area contributed by atoms with Gasteiger partial charge in [-0.05, 0) is 38.0 Å². The van der Waals surface area contributed by atoms with Crippen LogP contribution in [0.4, 0.5) is 11.5 Å². The third-order valence-corrected chi connectivity index (χ3v) is 4.38. The summed E-state index contributed by atoms with van der Waals surface area (Å²) in [6.45, 7) is 6.99. The molecule has 0 unspecified atom stereocenters. The number of nitrogens with zero attached hydrogens (tertiary/aromatic N) is 2. The van der Waals surface area contributed by atoms with Crippen molar-refractivity contribution in [2.45, 2.75) is 32.6 Å². The maximum atomic E-state index is 11.7. The van der Waals surface area contributed by atoms with Gasteiger partial charge in [-0.2, -0.15) is 8.42 Å². The van der Waals surface area contributed by atoms with Crippen LogP contribution in [0.3, 0.4) is 0 Å². The quantitative estimate of drug-likeness (QED) is 0.580. The molecule has 0 saturated carbocycles. The first kappa shape index (κ1) is 16.2. The Balaban J connectivity index is 2.68. The van der Waals surface area contributed by atoms with Crippen LogP contribution in [0.25, 0.3) is 0 Å². The molecule has 4 N–H and O–H groups in total. The van der Waals surface area contributed by atoms with E-state index in [1.807, 2.05) is 6.92 Å². The second kappa shape index (κ2) is 5.54. The number of aryl methyl sites for hydroxylation is 4. The molecule has 0 spiro atoms. The first-order chi connectivity index (χ1) is 10.1. The van der Waals surface area contributed by atoms with Gasteiger partial charge in [0.05, 0.1) is 11.9 Å². The summed E-state index contributed by atoms with van der Waals surface area (Å²) in [5.74, 6) is 0.362. The molecule has 1 heterocycles. The van der Waals surface area contributed by atoms with Gasteiger partial charge in [0, 0.05) is 6.92 Å². The Morgan fingerprint density at radius 3 is 2.45 bits per heavy atom. The lowest BCUT2D eigenvalue weighted by Gasteiger charge is -2.14. The predicted molar refractivity (Wildman–Crippen MR) is 83.1 cm³/mol. The Kier molecular flexibility index (Phi) is 4.08. The normalized spacial score (nSPS) is 11.5. The summed E-state index contributed by atoms with van der Waals surface area (Å²) in [6.07, 6.45) is 1.62. The van der Waals surface area contributed by atoms with Gasteiger partial charge in [0.2, 0.25) is 0 Å². The van der Waals surface area contributed by atoms with Gasteiger partial charge in [0.25, 0.3) is 10.1 Å². The zero-order chi connectivity index (χ0) is 16.7. The Morgan fingerprint density at radius 1 is 1.23 bits per heavy atom. The van der Waals surface area contributed by atoms with E-state index in [-0.39, 0.29) is 10.6 Å². The summed E-state index contributed by atoms with van der Waals surface area (Å²) in [5, 5.41) is 0. The van der Waals surface area contributed by atoms with Crippen LogP contribution in [-0.2, 0) is 10.1 Å². The number of nitrogen functional groups attached to an aromatic ring is 1. The van der Waals surface area contributed by atoms with Crippen molar-refractivity contribution in [3.8, 4) is 0 Å². The lowest BCUT2D eigenvalue weighted by atomic mass is 10.1. The van der Waals surface area contributed by atoms with Crippen LogP contribution >= 0.6 is 0 Å². The Labute approximate surface area is 129 Å². The van der Waals surface area contributed by atoms with Crippen molar-refractivity contribution in [1.29, 1.82) is 0 Å². The maximum Gasteiger partial charge on any atom is 0.317 e. The molecular formula is C14H19N4O3S+. The van der Waals surface area contributed by atoms with E-state index >= 15 is 0 Å². The van der Waals surface area contributed by atoms with Crippen molar-refractivity contribution in [1.82, 2.24) is 4.98 Å². The Bertz CT molecular complexity index is 848. The molecule has 1 aromatic carbocycles. The fourth-order valence-corrected chi connectivity index (χ4v) is 3.16. The fourth-order valence-electron chi connectivity index (χ4n) is 2.31. The van der Waals surface area contributed by atoms with E-state index in [4.69, 9.17) is 5.73 Å². The molecular weight excluding hydrogens is 304 g/mol. The molecule has 0 bridgehead atoms. The van der Waals surface area contributed by atoms with Crippen molar-refractivity contribution in [2.24, 2.45) is 0 Å². The lowest BCUT2D eigenvalue weighted by molar-refractivity contribution is -0.635. The second-order valence-corrected chi connectivity index (χ2v) is 6.61. The van der Waals surface area contributed by atoms with E-state index in [0.29, 0.717) is 22.8 Å². The van der Waals surface area contributed by atoms with Crippen LogP contribution in [0.2, 0.25) is 0 Å². The molecule has 118 valence electrons. The molecule has 0 radical (unpaired) electrons. The molecule has 0 aliphatic carbocycles. The topological polar surface area (TPSA) is 109 Å². The van der Waals surface area contributed by atoms with Crippen molar-refractivity contribution >= 4 is 21.6 Å². The number of anilines is 2. The van der Waals surface area contributed by atoms with Crippen LogP contribution in [0.15, 0.2) is 23.2 Å². The highest BCUT2D eigenvalue weighted by atomic mass is 32.2. The van der Waals surface area contributed by atoms with Gasteiger partial charge in [0.15, 0.2) is 0 Å². The number of nitrogens with two attached hydrogens (primary N) is 1. The third-order valence-electron chi connectivity index (χ3n) is 3.32. The molecule has 1 aromatic heterocycles. The highest BCUT2D eigenvalue weighted by Gasteiger charge is 2.22. The minimum Gasteiger partial charge on any atom is -0.284 e. The molecule has 0 saturated heterocycles. The van der Waals surface area contributed by atoms with E-state index in [1.165, 1.54) is 4.68 Å². The van der Waals surface area contributed by atoms with Gasteiger partial charge < -0.3 is 0 Å². The minimum absolute atomic E-state index is 0.168. The summed E-state index contributed by atoms with van der Waals surface area (Å²) in [4.78, 5) is 3.97. The molecule has 22 heavy (non-hydrogen) atoms. The molecule has 8 heteroatoms. The van der Waals surface area contributed by atoms with Crippen LogP contribution in [0.5, 0.6) is 0 Å². The summed E-state index contributed by atoms with van der Waals surface area (Å²) in [6, 6.07) is 3.32. The first-order valence-corrected chi connectivity index (χ1v) is 8.04. The summed E-state index contributed by atoms with van der Waals surface area (Å²) < 4.78 is 34.4. The van der Waals surface area contributed by atoms with E-state index in [1.54, 1.807) is 39.1 Å². The first-order valence-electron chi connectivity index (χ1n) is 6.60. The van der Waals surface area contributed by atoms with Crippen LogP contribution in [0, 0.1) is 27.7 Å². The number of hydrogen-bond donors (Lipinski definition) is 3. The number of nitrogens with one attached hydrogen (secondary N) is 1. The van der Waals surface area contributed by atoms with E-state index in [9.17, 15) is 13.0 Å². The van der Waals surface area contributed by atoms with Gasteiger partial charge >= 0.3 is 5.82 Å². The second-order valence-electron chi connectivity index (χ2n) is 5.25. The fraction of sp³-hybridized carbons (Fsp3) is 0.286. The van der Waals surface area contributed by atoms with Gasteiger partial charge in [-0.15, -0.1) is 4.68 Å². The van der Waals surface area contributed by atoms with Crippen LogP contribution < -0.4 is 15.8 Å². The van der Waals surface area contributed by atoms with E-state index < -0.39 is 10.1 Å². The maximum absolute atomic E-state index is 11.7. The van der Waals surface area contributed by atoms with Crippen LogP contribution in [0.1, 0.15) is 22.5 Å². The van der Waals surface area contributed by atoms with Gasteiger partial charge in [-0.25, -0.2) is 10.4 Å². The average Bonchev–Trinajstić information content (AvgIpc) is 2.36. The lowest BCUT2D eigenvalue weighted by Crippen LogP contribution is -2.48. The molecule has 7 nitrogen and oxygen atoms in total. The largest absolute Gasteiger partial charge is 0.317 e. The highest BCUT2D eigenvalue weighted by Crippen LogP contribution is 2.26. The smallest absolute Gasteiger partial charge is 0.284 e. The Morgan fingerprint density at radius 2 is 1.86 bits per heavy atom. The van der Waals surface area contributed by atoms with Crippen molar-refractivity contribution in [3.05, 3.63) is 40.8 Å². The average molecular weight is 323 g/mol. The van der Waals surface area contributed by atoms with Gasteiger partial charge in [-0.3, -0.25) is 10.3 Å². The zero-order valence-electron chi connectivity index (χ0n) is 12.9. The summed E-state index contributed by atoms with van der Waals surface area (Å²) in [5.41, 5.74) is 11.8. The number of hydrogen-bond acceptors (Lipinski definition) is 5. The molecule has 2 aromatic rings. The Hall–Kier alpha value is -2.19. The molecule has 0 amide bonds. The SMILES string of the molecule is Cc1cc(C)c(S(=O)(=O)O)c(N[n+]2c(C)cnc(C)c2N)c1. The summed E-state index contributed by atoms with van der Waals surface area (Å²) in [7, 11) is -4.37. The monoisotopic (exact) mass is 323 g/mol. The van der Waals surface area contributed by atoms with Crippen molar-refractivity contribution < 1.29 is 17.6 Å². The molecule has 2 rings (SSSR count).